The molecule has 0 radical (unpaired) electrons. The highest BCUT2D eigenvalue weighted by Gasteiger charge is 2.22. The molecule has 0 bridgehead atoms. The molecule has 0 aromatic carbocycles. The van der Waals surface area contributed by atoms with Gasteiger partial charge in [-0.2, -0.15) is 0 Å². The van der Waals surface area contributed by atoms with Crippen molar-refractivity contribution in [2.24, 2.45) is 11.8 Å². The van der Waals surface area contributed by atoms with Gasteiger partial charge >= 0.3 is 5.97 Å². The average Bonchev–Trinajstić information content (AvgIpc) is 3.29. The maximum absolute atomic E-state index is 11.6. The van der Waals surface area contributed by atoms with Gasteiger partial charge in [0.15, 0.2) is 0 Å². The van der Waals surface area contributed by atoms with Crippen molar-refractivity contribution in [3.05, 3.63) is 23.8 Å². The Bertz CT molecular complexity index is 417. The maximum atomic E-state index is 11.6. The predicted molar refractivity (Wildman–Crippen MR) is 95.3 cm³/mol. The van der Waals surface area contributed by atoms with Gasteiger partial charge in [0.05, 0.1) is 12.2 Å². The molecule has 3 nitrogen and oxygen atoms in total. The van der Waals surface area contributed by atoms with Crippen LogP contribution < -0.4 is 0 Å². The second-order valence-corrected chi connectivity index (χ2v) is 7.56. The zero-order valence-corrected chi connectivity index (χ0v) is 15.6. The zero-order chi connectivity index (χ0) is 17.3. The Balaban J connectivity index is 2.18. The van der Waals surface area contributed by atoms with Gasteiger partial charge in [-0.05, 0) is 63.9 Å². The fourth-order valence-electron chi connectivity index (χ4n) is 2.34. The van der Waals surface area contributed by atoms with Crippen LogP contribution in [0.15, 0.2) is 23.8 Å². The van der Waals surface area contributed by atoms with Crippen molar-refractivity contribution >= 4 is 5.97 Å². The van der Waals surface area contributed by atoms with Gasteiger partial charge in [0.2, 0.25) is 0 Å². The van der Waals surface area contributed by atoms with Crippen LogP contribution in [0.2, 0.25) is 0 Å². The van der Waals surface area contributed by atoms with Crippen LogP contribution >= 0.6 is 0 Å². The minimum absolute atomic E-state index is 0.0181. The summed E-state index contributed by atoms with van der Waals surface area (Å²) in [6.45, 7) is 9.07. The van der Waals surface area contributed by atoms with E-state index in [1.165, 1.54) is 25.7 Å². The summed E-state index contributed by atoms with van der Waals surface area (Å²) < 4.78 is 10.6. The summed E-state index contributed by atoms with van der Waals surface area (Å²) in [5, 5.41) is 0. The normalized spacial score (nSPS) is 17.5. The molecular weight excluding hydrogens is 288 g/mol. The van der Waals surface area contributed by atoms with Gasteiger partial charge in [0.25, 0.3) is 0 Å². The molecule has 0 aromatic heterocycles. The number of ether oxygens (including phenoxy) is 2. The number of rotatable bonds is 11. The van der Waals surface area contributed by atoms with Gasteiger partial charge in [-0.15, -0.1) is 0 Å². The number of hydrogen-bond donors (Lipinski definition) is 0. The van der Waals surface area contributed by atoms with Crippen LogP contribution in [0.4, 0.5) is 0 Å². The standard InChI is InChI=1S/C20H34O3/c1-16(10-7-13-20(3,4)22-5)8-6-9-17(2)14-19(21)23-15-18-11-12-18/h6,9,14,16,18H,7-8,10-13,15H2,1-5H3/b9-6+,17-14+. The topological polar surface area (TPSA) is 35.5 Å². The summed E-state index contributed by atoms with van der Waals surface area (Å²) in [7, 11) is 1.77. The highest BCUT2D eigenvalue weighted by molar-refractivity contribution is 5.83. The van der Waals surface area contributed by atoms with Crippen LogP contribution in [0.3, 0.4) is 0 Å². The average molecular weight is 322 g/mol. The molecule has 1 saturated carbocycles. The molecule has 1 atom stereocenters. The third-order valence-electron chi connectivity index (χ3n) is 4.45. The number of hydrogen-bond acceptors (Lipinski definition) is 3. The molecule has 132 valence electrons. The smallest absolute Gasteiger partial charge is 0.331 e. The molecule has 0 heterocycles. The van der Waals surface area contributed by atoms with E-state index in [-0.39, 0.29) is 11.6 Å². The number of carbonyl (C=O) groups excluding carboxylic acids is 1. The van der Waals surface area contributed by atoms with E-state index in [1.54, 1.807) is 13.2 Å². The third-order valence-corrected chi connectivity index (χ3v) is 4.45. The lowest BCUT2D eigenvalue weighted by molar-refractivity contribution is -0.138. The van der Waals surface area contributed by atoms with Crippen molar-refractivity contribution < 1.29 is 14.3 Å². The Morgan fingerprint density at radius 2 is 2.04 bits per heavy atom. The van der Waals surface area contributed by atoms with E-state index in [0.29, 0.717) is 18.4 Å². The molecule has 1 aliphatic carbocycles. The van der Waals surface area contributed by atoms with Gasteiger partial charge in [-0.1, -0.05) is 31.9 Å². The minimum Gasteiger partial charge on any atom is -0.462 e. The third kappa shape index (κ3) is 10.3. The fourth-order valence-corrected chi connectivity index (χ4v) is 2.34. The van der Waals surface area contributed by atoms with E-state index in [2.05, 4.69) is 26.8 Å². The maximum Gasteiger partial charge on any atom is 0.331 e. The summed E-state index contributed by atoms with van der Waals surface area (Å²) in [6, 6.07) is 0. The lowest BCUT2D eigenvalue weighted by Crippen LogP contribution is -2.22. The Morgan fingerprint density at radius 3 is 2.65 bits per heavy atom. The summed E-state index contributed by atoms with van der Waals surface area (Å²) in [5.74, 6) is 1.05. The van der Waals surface area contributed by atoms with Crippen molar-refractivity contribution in [3.63, 3.8) is 0 Å². The van der Waals surface area contributed by atoms with Crippen LogP contribution in [0.1, 0.15) is 66.2 Å². The molecule has 1 fully saturated rings. The highest BCUT2D eigenvalue weighted by atomic mass is 16.5. The van der Waals surface area contributed by atoms with E-state index in [9.17, 15) is 4.79 Å². The van der Waals surface area contributed by atoms with Crippen molar-refractivity contribution in [1.29, 1.82) is 0 Å². The van der Waals surface area contributed by atoms with Gasteiger partial charge in [-0.3, -0.25) is 0 Å². The fraction of sp³-hybridized carbons (Fsp3) is 0.750. The van der Waals surface area contributed by atoms with Gasteiger partial charge in [-0.25, -0.2) is 4.79 Å². The Morgan fingerprint density at radius 1 is 1.35 bits per heavy atom. The summed E-state index contributed by atoms with van der Waals surface area (Å²) in [6.07, 6.45) is 12.7. The van der Waals surface area contributed by atoms with E-state index >= 15 is 0 Å². The second-order valence-electron chi connectivity index (χ2n) is 7.56. The van der Waals surface area contributed by atoms with Gasteiger partial charge < -0.3 is 9.47 Å². The molecule has 0 amide bonds. The monoisotopic (exact) mass is 322 g/mol. The van der Waals surface area contributed by atoms with Crippen LogP contribution in [-0.2, 0) is 14.3 Å². The molecule has 23 heavy (non-hydrogen) atoms. The van der Waals surface area contributed by atoms with E-state index in [4.69, 9.17) is 9.47 Å². The van der Waals surface area contributed by atoms with Crippen LogP contribution in [0, 0.1) is 11.8 Å². The molecule has 0 N–H and O–H groups in total. The number of allylic oxidation sites excluding steroid dienone is 3. The van der Waals surface area contributed by atoms with Crippen LogP contribution in [0.25, 0.3) is 0 Å². The van der Waals surface area contributed by atoms with E-state index in [1.807, 2.05) is 13.0 Å². The Kier molecular flexibility index (Phi) is 8.60. The molecule has 1 unspecified atom stereocenters. The molecule has 3 heteroatoms. The lowest BCUT2D eigenvalue weighted by atomic mass is 9.95. The first-order valence-electron chi connectivity index (χ1n) is 8.89. The van der Waals surface area contributed by atoms with Crippen LogP contribution in [-0.4, -0.2) is 25.3 Å². The SMILES string of the molecule is COC(C)(C)CCCC(C)C/C=C/C(C)=C/C(=O)OCC1CC1. The number of carbonyl (C=O) groups is 1. The van der Waals surface area contributed by atoms with Crippen molar-refractivity contribution in [1.82, 2.24) is 0 Å². The van der Waals surface area contributed by atoms with Crippen molar-refractivity contribution in [2.45, 2.75) is 71.8 Å². The Labute approximate surface area is 142 Å². The van der Waals surface area contributed by atoms with E-state index < -0.39 is 0 Å². The van der Waals surface area contributed by atoms with Gasteiger partial charge in [0.1, 0.15) is 0 Å². The first-order valence-corrected chi connectivity index (χ1v) is 8.89. The zero-order valence-electron chi connectivity index (χ0n) is 15.6. The summed E-state index contributed by atoms with van der Waals surface area (Å²) >= 11 is 0. The summed E-state index contributed by atoms with van der Waals surface area (Å²) in [5.41, 5.74) is 0.939. The molecule has 1 aliphatic rings. The lowest BCUT2D eigenvalue weighted by Gasteiger charge is -2.23. The van der Waals surface area contributed by atoms with E-state index in [0.717, 1.165) is 18.4 Å². The first-order chi connectivity index (χ1) is 10.8. The molecule has 0 aromatic rings. The highest BCUT2D eigenvalue weighted by Crippen LogP contribution is 2.28. The summed E-state index contributed by atoms with van der Waals surface area (Å²) in [4.78, 5) is 11.6. The quantitative estimate of drug-likeness (QED) is 0.303. The largest absolute Gasteiger partial charge is 0.462 e. The Hall–Kier alpha value is -1.09. The molecule has 0 aliphatic heterocycles. The number of esters is 1. The molecule has 0 saturated heterocycles. The number of methoxy groups -OCH3 is 1. The van der Waals surface area contributed by atoms with Crippen molar-refractivity contribution in [2.75, 3.05) is 13.7 Å². The van der Waals surface area contributed by atoms with Crippen molar-refractivity contribution in [3.8, 4) is 0 Å². The van der Waals surface area contributed by atoms with Crippen LogP contribution in [0.5, 0.6) is 0 Å². The first kappa shape index (κ1) is 20.0. The second kappa shape index (κ2) is 9.92. The molecule has 1 rings (SSSR count). The minimum atomic E-state index is -0.214. The predicted octanol–water partition coefficient (Wildman–Crippen LogP) is 5.06. The molecular formula is C20H34O3. The molecule has 0 spiro atoms. The van der Waals surface area contributed by atoms with Gasteiger partial charge in [0, 0.05) is 13.2 Å².